The van der Waals surface area contributed by atoms with Crippen molar-refractivity contribution in [1.82, 2.24) is 5.32 Å². The molecular formula is C22H32ClN3O2. The number of benzene rings is 1. The van der Waals surface area contributed by atoms with Crippen LogP contribution in [0.1, 0.15) is 56.9 Å². The molecule has 4 rings (SSSR count). The van der Waals surface area contributed by atoms with E-state index in [-0.39, 0.29) is 42.1 Å². The maximum Gasteiger partial charge on any atom is 0.227 e. The van der Waals surface area contributed by atoms with E-state index in [2.05, 4.69) is 10.6 Å². The maximum absolute atomic E-state index is 12.6. The van der Waals surface area contributed by atoms with Crippen LogP contribution in [-0.4, -0.2) is 17.9 Å². The number of amides is 2. The number of hydrogen-bond acceptors (Lipinski definition) is 3. The van der Waals surface area contributed by atoms with Gasteiger partial charge < -0.3 is 16.4 Å². The lowest BCUT2D eigenvalue weighted by atomic mass is 9.84. The summed E-state index contributed by atoms with van der Waals surface area (Å²) in [4.78, 5) is 25.1. The Morgan fingerprint density at radius 2 is 1.75 bits per heavy atom. The van der Waals surface area contributed by atoms with Crippen molar-refractivity contribution in [2.24, 2.45) is 29.4 Å². The second-order valence-electron chi connectivity index (χ2n) is 8.68. The molecule has 3 fully saturated rings. The van der Waals surface area contributed by atoms with Crippen molar-refractivity contribution in [3.05, 3.63) is 29.8 Å². The molecule has 0 radical (unpaired) electrons. The number of fused-ring (bicyclic) bond motifs is 2. The fourth-order valence-corrected chi connectivity index (χ4v) is 5.40. The van der Waals surface area contributed by atoms with E-state index in [1.54, 1.807) is 0 Å². The van der Waals surface area contributed by atoms with Crippen LogP contribution in [0.15, 0.2) is 24.3 Å². The molecule has 3 saturated carbocycles. The van der Waals surface area contributed by atoms with Gasteiger partial charge in [-0.3, -0.25) is 9.59 Å². The second-order valence-corrected chi connectivity index (χ2v) is 8.68. The lowest BCUT2D eigenvalue weighted by Gasteiger charge is -2.27. The van der Waals surface area contributed by atoms with Crippen LogP contribution in [0.2, 0.25) is 0 Å². The molecule has 3 aliphatic carbocycles. The minimum absolute atomic E-state index is 0. The molecule has 4 atom stereocenters. The highest BCUT2D eigenvalue weighted by atomic mass is 35.5. The number of anilines is 1. The highest BCUT2D eigenvalue weighted by Crippen LogP contribution is 2.47. The van der Waals surface area contributed by atoms with Crippen molar-refractivity contribution in [3.63, 3.8) is 0 Å². The average Bonchev–Trinajstić information content (AvgIpc) is 3.28. The molecule has 2 bridgehead atoms. The Morgan fingerprint density at radius 3 is 2.46 bits per heavy atom. The molecule has 0 spiro atoms. The highest BCUT2D eigenvalue weighted by Gasteiger charge is 2.48. The zero-order valence-electron chi connectivity index (χ0n) is 16.4. The van der Waals surface area contributed by atoms with E-state index in [0.29, 0.717) is 18.4 Å². The normalized spacial score (nSPS) is 29.2. The molecule has 0 saturated heterocycles. The van der Waals surface area contributed by atoms with Crippen LogP contribution in [0.25, 0.3) is 0 Å². The molecule has 0 aliphatic heterocycles. The Kier molecular flexibility index (Phi) is 7.00. The summed E-state index contributed by atoms with van der Waals surface area (Å²) in [7, 11) is 0. The lowest BCUT2D eigenvalue weighted by Crippen LogP contribution is -2.45. The number of nitrogens with one attached hydrogen (secondary N) is 2. The lowest BCUT2D eigenvalue weighted by molar-refractivity contribution is -0.127. The Labute approximate surface area is 173 Å². The van der Waals surface area contributed by atoms with Crippen LogP contribution in [-0.2, 0) is 16.1 Å². The van der Waals surface area contributed by atoms with Gasteiger partial charge in [-0.1, -0.05) is 31.4 Å². The molecule has 0 aromatic heterocycles. The molecule has 2 amide bonds. The van der Waals surface area contributed by atoms with Gasteiger partial charge in [-0.15, -0.1) is 12.4 Å². The fourth-order valence-electron chi connectivity index (χ4n) is 5.40. The number of hydrogen-bond donors (Lipinski definition) is 3. The topological polar surface area (TPSA) is 84.2 Å². The van der Waals surface area contributed by atoms with Gasteiger partial charge >= 0.3 is 0 Å². The average molecular weight is 406 g/mol. The minimum Gasteiger partial charge on any atom is -0.352 e. The summed E-state index contributed by atoms with van der Waals surface area (Å²) in [5.41, 5.74) is 8.09. The third-order valence-electron chi connectivity index (χ3n) is 6.92. The standard InChI is InChI=1S/C22H31N3O2.ClH/c23-20-17-10-9-16(12-17)19(20)22(27)24-13-14-5-4-8-18(11-14)25-21(26)15-6-2-1-3-7-15;/h4-5,8,11,15-17,19-20H,1-3,6-7,9-10,12-13,23H2,(H,24,27)(H,25,26);1H. The van der Waals surface area contributed by atoms with Gasteiger partial charge in [0.2, 0.25) is 11.8 Å². The molecule has 6 heteroatoms. The van der Waals surface area contributed by atoms with Crippen LogP contribution in [0.3, 0.4) is 0 Å². The summed E-state index contributed by atoms with van der Waals surface area (Å²) in [6.45, 7) is 0.479. The van der Waals surface area contributed by atoms with Crippen LogP contribution in [0.5, 0.6) is 0 Å². The first-order valence-corrected chi connectivity index (χ1v) is 10.5. The molecule has 154 valence electrons. The molecule has 1 aromatic carbocycles. The fraction of sp³-hybridized carbons (Fsp3) is 0.636. The molecule has 4 unspecified atom stereocenters. The smallest absolute Gasteiger partial charge is 0.227 e. The Hall–Kier alpha value is -1.59. The van der Waals surface area contributed by atoms with Crippen LogP contribution in [0.4, 0.5) is 5.69 Å². The first kappa shape index (κ1) is 21.1. The molecule has 28 heavy (non-hydrogen) atoms. The van der Waals surface area contributed by atoms with E-state index in [9.17, 15) is 9.59 Å². The van der Waals surface area contributed by atoms with Crippen LogP contribution < -0.4 is 16.4 Å². The summed E-state index contributed by atoms with van der Waals surface area (Å²) >= 11 is 0. The van der Waals surface area contributed by atoms with Crippen LogP contribution in [0, 0.1) is 23.7 Å². The van der Waals surface area contributed by atoms with Gasteiger partial charge in [-0.2, -0.15) is 0 Å². The summed E-state index contributed by atoms with van der Waals surface area (Å²) in [5, 5.41) is 6.12. The Morgan fingerprint density at radius 1 is 1.00 bits per heavy atom. The third-order valence-corrected chi connectivity index (χ3v) is 6.92. The van der Waals surface area contributed by atoms with Gasteiger partial charge in [0.15, 0.2) is 0 Å². The molecule has 1 aromatic rings. The van der Waals surface area contributed by atoms with E-state index >= 15 is 0 Å². The molecule has 4 N–H and O–H groups in total. The zero-order valence-corrected chi connectivity index (χ0v) is 17.2. The predicted molar refractivity (Wildman–Crippen MR) is 113 cm³/mol. The van der Waals surface area contributed by atoms with Crippen molar-refractivity contribution in [2.45, 2.75) is 64.0 Å². The number of halogens is 1. The summed E-state index contributed by atoms with van der Waals surface area (Å²) in [6, 6.07) is 7.81. The summed E-state index contributed by atoms with van der Waals surface area (Å²) in [6.07, 6.45) is 8.95. The van der Waals surface area contributed by atoms with E-state index in [1.807, 2.05) is 24.3 Å². The van der Waals surface area contributed by atoms with E-state index in [0.717, 1.165) is 49.8 Å². The predicted octanol–water partition coefficient (Wildman–Crippen LogP) is 3.62. The zero-order chi connectivity index (χ0) is 18.8. The second kappa shape index (κ2) is 9.27. The van der Waals surface area contributed by atoms with Gasteiger partial charge in [0, 0.05) is 24.2 Å². The van der Waals surface area contributed by atoms with E-state index in [1.165, 1.54) is 12.8 Å². The molecule has 5 nitrogen and oxygen atoms in total. The Balaban J connectivity index is 0.00000225. The molecule has 0 heterocycles. The molecular weight excluding hydrogens is 374 g/mol. The van der Waals surface area contributed by atoms with Crippen molar-refractivity contribution >= 4 is 29.9 Å². The number of nitrogens with two attached hydrogens (primary N) is 1. The molecule has 3 aliphatic rings. The Bertz CT molecular complexity index is 703. The number of rotatable bonds is 5. The number of carbonyl (C=O) groups excluding carboxylic acids is 2. The van der Waals surface area contributed by atoms with Gasteiger partial charge in [0.05, 0.1) is 5.92 Å². The maximum atomic E-state index is 12.6. The first-order valence-electron chi connectivity index (χ1n) is 10.5. The van der Waals surface area contributed by atoms with Crippen molar-refractivity contribution < 1.29 is 9.59 Å². The van der Waals surface area contributed by atoms with Gasteiger partial charge in [0.25, 0.3) is 0 Å². The largest absolute Gasteiger partial charge is 0.352 e. The van der Waals surface area contributed by atoms with Crippen molar-refractivity contribution in [2.75, 3.05) is 5.32 Å². The van der Waals surface area contributed by atoms with Gasteiger partial charge in [-0.25, -0.2) is 0 Å². The quantitative estimate of drug-likeness (QED) is 0.699. The van der Waals surface area contributed by atoms with Gasteiger partial charge in [-0.05, 0) is 61.6 Å². The van der Waals surface area contributed by atoms with Gasteiger partial charge in [0.1, 0.15) is 0 Å². The third kappa shape index (κ3) is 4.52. The van der Waals surface area contributed by atoms with E-state index in [4.69, 9.17) is 5.73 Å². The van der Waals surface area contributed by atoms with E-state index < -0.39 is 0 Å². The number of carbonyl (C=O) groups is 2. The van der Waals surface area contributed by atoms with Crippen LogP contribution >= 0.6 is 12.4 Å². The first-order chi connectivity index (χ1) is 13.1. The minimum atomic E-state index is -0.0297. The highest BCUT2D eigenvalue weighted by molar-refractivity contribution is 5.92. The summed E-state index contributed by atoms with van der Waals surface area (Å²) < 4.78 is 0. The SMILES string of the molecule is Cl.NC1C2CCC(C2)C1C(=O)NCc1cccc(NC(=O)C2CCCCC2)c1. The summed E-state index contributed by atoms with van der Waals surface area (Å²) in [5.74, 6) is 1.32. The van der Waals surface area contributed by atoms with Crippen molar-refractivity contribution in [3.8, 4) is 0 Å². The monoisotopic (exact) mass is 405 g/mol. The van der Waals surface area contributed by atoms with Crippen molar-refractivity contribution in [1.29, 1.82) is 0 Å².